The Bertz CT molecular complexity index is 1030. The molecule has 3 rings (SSSR count). The maximum atomic E-state index is 12.5. The molecular formula is C21H19F3N2O3. The van der Waals surface area contributed by atoms with E-state index in [1.165, 1.54) is 12.1 Å². The summed E-state index contributed by atoms with van der Waals surface area (Å²) in [4.78, 5) is 17.0. The number of nitrogens with zero attached hydrogens (tertiary/aromatic N) is 1. The van der Waals surface area contributed by atoms with E-state index in [0.29, 0.717) is 16.8 Å². The minimum atomic E-state index is -4.78. The molecule has 1 unspecified atom stereocenters. The van der Waals surface area contributed by atoms with Gasteiger partial charge in [0.1, 0.15) is 5.75 Å². The summed E-state index contributed by atoms with van der Waals surface area (Å²) in [6, 6.07) is 12.3. The van der Waals surface area contributed by atoms with Gasteiger partial charge in [-0.25, -0.2) is 0 Å². The Morgan fingerprint density at radius 2 is 1.83 bits per heavy atom. The zero-order chi connectivity index (χ0) is 21.2. The predicted molar refractivity (Wildman–Crippen MR) is 102 cm³/mol. The van der Waals surface area contributed by atoms with Crippen molar-refractivity contribution < 1.29 is 27.8 Å². The number of nitrogens with one attached hydrogen (secondary N) is 1. The predicted octanol–water partition coefficient (Wildman–Crippen LogP) is 4.21. The molecule has 1 heterocycles. The Morgan fingerprint density at radius 3 is 2.48 bits per heavy atom. The Morgan fingerprint density at radius 1 is 1.14 bits per heavy atom. The summed E-state index contributed by atoms with van der Waals surface area (Å²) >= 11 is 0. The molecule has 8 heteroatoms. The first-order valence-corrected chi connectivity index (χ1v) is 8.82. The van der Waals surface area contributed by atoms with Crippen molar-refractivity contribution in [3.05, 3.63) is 70.9 Å². The smallest absolute Gasteiger partial charge is 0.406 e. The van der Waals surface area contributed by atoms with Gasteiger partial charge in [0, 0.05) is 11.9 Å². The highest BCUT2D eigenvalue weighted by Crippen LogP contribution is 2.24. The van der Waals surface area contributed by atoms with Gasteiger partial charge in [-0.1, -0.05) is 23.8 Å². The normalized spacial score (nSPS) is 12.6. The first-order valence-electron chi connectivity index (χ1n) is 8.82. The van der Waals surface area contributed by atoms with E-state index < -0.39 is 18.4 Å². The maximum absolute atomic E-state index is 12.5. The highest BCUT2D eigenvalue weighted by Gasteiger charge is 2.31. The molecule has 5 nitrogen and oxygen atoms in total. The molecular weight excluding hydrogens is 385 g/mol. The number of carbonyl (C=O) groups is 1. The number of hydrogen-bond donors (Lipinski definition) is 2. The standard InChI is InChI=1S/C21H19F3N2O3/c1-12-3-8-18-15(9-12)10-17(13(2)26-18)20(28)25-11-19(27)14-4-6-16(7-5-14)29-21(22,23)24/h3-10,19,27H,11H2,1-2H3,(H,25,28). The van der Waals surface area contributed by atoms with E-state index in [1.807, 2.05) is 25.1 Å². The van der Waals surface area contributed by atoms with E-state index in [2.05, 4.69) is 15.0 Å². The number of aliphatic hydroxyl groups is 1. The largest absolute Gasteiger partial charge is 0.573 e. The van der Waals surface area contributed by atoms with Crippen LogP contribution in [0, 0.1) is 13.8 Å². The molecule has 1 aromatic heterocycles. The van der Waals surface area contributed by atoms with Gasteiger partial charge in [0.25, 0.3) is 5.91 Å². The van der Waals surface area contributed by atoms with E-state index in [9.17, 15) is 23.1 Å². The molecule has 2 N–H and O–H groups in total. The van der Waals surface area contributed by atoms with Gasteiger partial charge < -0.3 is 15.2 Å². The number of aromatic nitrogens is 1. The number of hydrogen-bond acceptors (Lipinski definition) is 4. The zero-order valence-corrected chi connectivity index (χ0v) is 15.7. The molecule has 0 saturated carbocycles. The average molecular weight is 404 g/mol. The fourth-order valence-corrected chi connectivity index (χ4v) is 2.92. The number of ether oxygens (including phenoxy) is 1. The van der Waals surface area contributed by atoms with Crippen molar-refractivity contribution in [2.75, 3.05) is 6.54 Å². The van der Waals surface area contributed by atoms with Crippen LogP contribution in [0.25, 0.3) is 10.9 Å². The van der Waals surface area contributed by atoms with Crippen LogP contribution >= 0.6 is 0 Å². The van der Waals surface area contributed by atoms with Crippen LogP contribution in [0.1, 0.15) is 33.3 Å². The van der Waals surface area contributed by atoms with Crippen molar-refractivity contribution in [2.24, 2.45) is 0 Å². The topological polar surface area (TPSA) is 71.5 Å². The number of pyridine rings is 1. The quantitative estimate of drug-likeness (QED) is 0.668. The average Bonchev–Trinajstić information content (AvgIpc) is 2.65. The Labute approximate surface area is 165 Å². The van der Waals surface area contributed by atoms with E-state index in [0.717, 1.165) is 28.6 Å². The Hall–Kier alpha value is -3.13. The van der Waals surface area contributed by atoms with Gasteiger partial charge in [-0.15, -0.1) is 13.2 Å². The molecule has 0 bridgehead atoms. The summed E-state index contributed by atoms with van der Waals surface area (Å²) in [5.74, 6) is -0.778. The van der Waals surface area contributed by atoms with Gasteiger partial charge in [0.15, 0.2) is 0 Å². The first kappa shape index (κ1) is 20.6. The minimum absolute atomic E-state index is 0.108. The van der Waals surface area contributed by atoms with Gasteiger partial charge in [-0.05, 0) is 49.7 Å². The number of fused-ring (bicyclic) bond motifs is 1. The number of aliphatic hydroxyl groups excluding tert-OH is 1. The van der Waals surface area contributed by atoms with Crippen LogP contribution in [0.2, 0.25) is 0 Å². The van der Waals surface area contributed by atoms with Crippen molar-refractivity contribution >= 4 is 16.8 Å². The molecule has 0 radical (unpaired) electrons. The number of carbonyl (C=O) groups excluding carboxylic acids is 1. The highest BCUT2D eigenvalue weighted by molar-refractivity contribution is 5.98. The highest BCUT2D eigenvalue weighted by atomic mass is 19.4. The molecule has 0 fully saturated rings. The number of alkyl halides is 3. The van der Waals surface area contributed by atoms with Crippen LogP contribution in [0.15, 0.2) is 48.5 Å². The second kappa shape index (κ2) is 8.08. The fraction of sp³-hybridized carbons (Fsp3) is 0.238. The van der Waals surface area contributed by atoms with Crippen LogP contribution in [0.5, 0.6) is 5.75 Å². The summed E-state index contributed by atoms with van der Waals surface area (Å²) < 4.78 is 40.4. The second-order valence-corrected chi connectivity index (χ2v) is 6.66. The molecule has 29 heavy (non-hydrogen) atoms. The Balaban J connectivity index is 1.67. The first-order chi connectivity index (χ1) is 13.6. The van der Waals surface area contributed by atoms with E-state index in [1.54, 1.807) is 13.0 Å². The third-order valence-corrected chi connectivity index (χ3v) is 4.36. The number of halogens is 3. The lowest BCUT2D eigenvalue weighted by atomic mass is 10.1. The van der Waals surface area contributed by atoms with Gasteiger partial charge in [0.05, 0.1) is 22.9 Å². The van der Waals surface area contributed by atoms with Gasteiger partial charge >= 0.3 is 6.36 Å². The van der Waals surface area contributed by atoms with Gasteiger partial charge in [0.2, 0.25) is 0 Å². The number of benzene rings is 2. The molecule has 0 spiro atoms. The van der Waals surface area contributed by atoms with Crippen molar-refractivity contribution in [3.8, 4) is 5.75 Å². The van der Waals surface area contributed by atoms with Crippen LogP contribution in [-0.4, -0.2) is 28.9 Å². The van der Waals surface area contributed by atoms with Crippen molar-refractivity contribution in [1.82, 2.24) is 10.3 Å². The molecule has 0 saturated heterocycles. The van der Waals surface area contributed by atoms with Crippen molar-refractivity contribution in [1.29, 1.82) is 0 Å². The summed E-state index contributed by atoms with van der Waals surface area (Å²) in [7, 11) is 0. The van der Waals surface area contributed by atoms with Gasteiger partial charge in [-0.2, -0.15) is 0 Å². The summed E-state index contributed by atoms with van der Waals surface area (Å²) in [6.07, 6.45) is -5.87. The van der Waals surface area contributed by atoms with Crippen LogP contribution < -0.4 is 10.1 Å². The van der Waals surface area contributed by atoms with Crippen LogP contribution in [0.4, 0.5) is 13.2 Å². The molecule has 1 atom stereocenters. The minimum Gasteiger partial charge on any atom is -0.406 e. The summed E-state index contributed by atoms with van der Waals surface area (Å²) in [5.41, 5.74) is 3.13. The summed E-state index contributed by atoms with van der Waals surface area (Å²) in [6.45, 7) is 3.56. The van der Waals surface area contributed by atoms with E-state index in [4.69, 9.17) is 0 Å². The zero-order valence-electron chi connectivity index (χ0n) is 15.7. The van der Waals surface area contributed by atoms with E-state index >= 15 is 0 Å². The third-order valence-electron chi connectivity index (χ3n) is 4.36. The molecule has 3 aromatic rings. The molecule has 152 valence electrons. The fourth-order valence-electron chi connectivity index (χ4n) is 2.92. The van der Waals surface area contributed by atoms with Gasteiger partial charge in [-0.3, -0.25) is 9.78 Å². The van der Waals surface area contributed by atoms with Crippen LogP contribution in [0.3, 0.4) is 0 Å². The third kappa shape index (κ3) is 5.23. The molecule has 1 amide bonds. The van der Waals surface area contributed by atoms with Crippen molar-refractivity contribution in [2.45, 2.75) is 26.3 Å². The van der Waals surface area contributed by atoms with Crippen LogP contribution in [-0.2, 0) is 0 Å². The molecule has 0 aliphatic rings. The van der Waals surface area contributed by atoms with E-state index in [-0.39, 0.29) is 12.3 Å². The lowest BCUT2D eigenvalue weighted by molar-refractivity contribution is -0.274. The Kier molecular flexibility index (Phi) is 5.74. The summed E-state index contributed by atoms with van der Waals surface area (Å²) in [5, 5.41) is 13.7. The number of aryl methyl sites for hydroxylation is 2. The monoisotopic (exact) mass is 404 g/mol. The lowest BCUT2D eigenvalue weighted by Crippen LogP contribution is -2.29. The molecule has 0 aliphatic carbocycles. The lowest BCUT2D eigenvalue weighted by Gasteiger charge is -2.14. The second-order valence-electron chi connectivity index (χ2n) is 6.66. The maximum Gasteiger partial charge on any atom is 0.573 e. The van der Waals surface area contributed by atoms with Crippen molar-refractivity contribution in [3.63, 3.8) is 0 Å². The molecule has 0 aliphatic heterocycles. The molecule has 2 aromatic carbocycles. The number of amides is 1. The number of rotatable bonds is 5. The SMILES string of the molecule is Cc1ccc2nc(C)c(C(=O)NCC(O)c3ccc(OC(F)(F)F)cc3)cc2c1.